The molecule has 4 saturated carbocycles. The van der Waals surface area contributed by atoms with Crippen LogP contribution in [0.2, 0.25) is 0 Å². The predicted molar refractivity (Wildman–Crippen MR) is 109 cm³/mol. The monoisotopic (exact) mass is 375 g/mol. The summed E-state index contributed by atoms with van der Waals surface area (Å²) in [5.41, 5.74) is 7.68. The Morgan fingerprint density at radius 2 is 1.85 bits per heavy atom. The van der Waals surface area contributed by atoms with Crippen molar-refractivity contribution in [3.63, 3.8) is 0 Å². The van der Waals surface area contributed by atoms with Crippen LogP contribution in [-0.2, 0) is 4.79 Å². The third-order valence-electron chi connectivity index (χ3n) is 10.2. The fraction of sp³-hybridized carbons (Fsp3) is 0.958. The number of carboxylic acids is 1. The van der Waals surface area contributed by atoms with Crippen molar-refractivity contribution < 1.29 is 9.90 Å². The molecule has 4 aliphatic carbocycles. The zero-order chi connectivity index (χ0) is 19.4. The van der Waals surface area contributed by atoms with Crippen molar-refractivity contribution >= 4 is 5.97 Å². The van der Waals surface area contributed by atoms with Crippen LogP contribution in [0.5, 0.6) is 0 Å². The molecule has 0 aromatic heterocycles. The number of aliphatic carboxylic acids is 1. The van der Waals surface area contributed by atoms with Crippen LogP contribution in [0.3, 0.4) is 0 Å². The highest BCUT2D eigenvalue weighted by atomic mass is 16.4. The number of carbonyl (C=O) groups is 1. The van der Waals surface area contributed by atoms with Gasteiger partial charge in [0.25, 0.3) is 0 Å². The Morgan fingerprint density at radius 1 is 1.07 bits per heavy atom. The Kier molecular flexibility index (Phi) is 5.15. The molecule has 9 atom stereocenters. The number of hydrogen-bond donors (Lipinski definition) is 2. The van der Waals surface area contributed by atoms with Gasteiger partial charge in [0.1, 0.15) is 0 Å². The summed E-state index contributed by atoms with van der Waals surface area (Å²) in [6.45, 7) is 7.43. The summed E-state index contributed by atoms with van der Waals surface area (Å²) in [6.07, 6.45) is 13.6. The molecule has 0 aliphatic heterocycles. The molecule has 3 N–H and O–H groups in total. The minimum Gasteiger partial charge on any atom is -0.481 e. The molecule has 0 aromatic rings. The number of carboxylic acid groups (broad SMARTS) is 1. The summed E-state index contributed by atoms with van der Waals surface area (Å²) in [4.78, 5) is 11.1. The molecular weight excluding hydrogens is 334 g/mol. The van der Waals surface area contributed by atoms with Crippen molar-refractivity contribution in [1.29, 1.82) is 0 Å². The van der Waals surface area contributed by atoms with Crippen molar-refractivity contribution in [1.82, 2.24) is 0 Å². The zero-order valence-corrected chi connectivity index (χ0v) is 17.8. The molecule has 0 heterocycles. The molecule has 0 saturated heterocycles. The number of hydrogen-bond acceptors (Lipinski definition) is 2. The minimum atomic E-state index is -0.664. The van der Waals surface area contributed by atoms with Crippen LogP contribution >= 0.6 is 0 Å². The first-order valence-corrected chi connectivity index (χ1v) is 11.7. The highest BCUT2D eigenvalue weighted by molar-refractivity contribution is 5.66. The highest BCUT2D eigenvalue weighted by Gasteiger charge is 2.61. The molecular formula is C24H41NO2. The largest absolute Gasteiger partial charge is 0.481 e. The van der Waals surface area contributed by atoms with Gasteiger partial charge >= 0.3 is 5.97 Å². The average molecular weight is 376 g/mol. The van der Waals surface area contributed by atoms with Gasteiger partial charge in [0.15, 0.2) is 0 Å². The second-order valence-electron chi connectivity index (χ2n) is 11.3. The van der Waals surface area contributed by atoms with E-state index in [2.05, 4.69) is 20.8 Å². The van der Waals surface area contributed by atoms with E-state index in [0.29, 0.717) is 22.7 Å². The van der Waals surface area contributed by atoms with Crippen molar-refractivity contribution in [2.75, 3.05) is 0 Å². The second kappa shape index (κ2) is 7.04. The summed E-state index contributed by atoms with van der Waals surface area (Å²) in [7, 11) is 0. The summed E-state index contributed by atoms with van der Waals surface area (Å²) in [5, 5.41) is 9.13. The molecule has 4 aliphatic rings. The van der Waals surface area contributed by atoms with E-state index in [0.717, 1.165) is 30.1 Å². The molecule has 154 valence electrons. The predicted octanol–water partition coefficient (Wildman–Crippen LogP) is 5.47. The molecule has 27 heavy (non-hydrogen) atoms. The van der Waals surface area contributed by atoms with Gasteiger partial charge in [-0.25, -0.2) is 0 Å². The van der Waals surface area contributed by atoms with Gasteiger partial charge in [-0.05, 0) is 97.7 Å². The van der Waals surface area contributed by atoms with E-state index >= 15 is 0 Å². The Labute approximate surface area is 165 Å². The van der Waals surface area contributed by atoms with E-state index in [1.807, 2.05) is 0 Å². The zero-order valence-electron chi connectivity index (χ0n) is 17.8. The smallest absolute Gasteiger partial charge is 0.303 e. The Hall–Kier alpha value is -0.570. The van der Waals surface area contributed by atoms with Crippen molar-refractivity contribution in [3.8, 4) is 0 Å². The maximum Gasteiger partial charge on any atom is 0.303 e. The number of rotatable bonds is 4. The van der Waals surface area contributed by atoms with Crippen molar-refractivity contribution in [2.24, 2.45) is 52.1 Å². The lowest BCUT2D eigenvalue weighted by Gasteiger charge is -2.60. The Balaban J connectivity index is 1.56. The average Bonchev–Trinajstić information content (AvgIpc) is 2.89. The maximum absolute atomic E-state index is 11.1. The summed E-state index contributed by atoms with van der Waals surface area (Å²) < 4.78 is 0. The van der Waals surface area contributed by atoms with Crippen LogP contribution in [0.1, 0.15) is 91.4 Å². The first kappa shape index (κ1) is 19.7. The Bertz CT molecular complexity index is 577. The summed E-state index contributed by atoms with van der Waals surface area (Å²) in [5.74, 6) is 3.77. The molecule has 3 nitrogen and oxygen atoms in total. The van der Waals surface area contributed by atoms with E-state index in [4.69, 9.17) is 10.8 Å². The molecule has 0 amide bonds. The SMILES string of the molecule is C[C@H](CCC(=O)O)[C@H]1C(N)C[C@H]2[C@@H]3CCC4CCCC[C@]4(C)[C@H]3CC[C@]12C. The third kappa shape index (κ3) is 3.07. The van der Waals surface area contributed by atoms with E-state index in [-0.39, 0.29) is 12.5 Å². The van der Waals surface area contributed by atoms with Crippen LogP contribution in [0.4, 0.5) is 0 Å². The Morgan fingerprint density at radius 3 is 2.59 bits per heavy atom. The van der Waals surface area contributed by atoms with E-state index in [1.165, 1.54) is 57.8 Å². The molecule has 0 spiro atoms. The van der Waals surface area contributed by atoms with E-state index in [9.17, 15) is 4.79 Å². The topological polar surface area (TPSA) is 63.3 Å². The van der Waals surface area contributed by atoms with Crippen molar-refractivity contribution in [3.05, 3.63) is 0 Å². The molecule has 0 aromatic carbocycles. The van der Waals surface area contributed by atoms with Gasteiger partial charge in [0, 0.05) is 12.5 Å². The quantitative estimate of drug-likeness (QED) is 0.684. The number of nitrogens with two attached hydrogens (primary N) is 1. The van der Waals surface area contributed by atoms with Crippen LogP contribution in [0, 0.1) is 46.3 Å². The molecule has 2 unspecified atom stereocenters. The van der Waals surface area contributed by atoms with Gasteiger partial charge in [0.2, 0.25) is 0 Å². The number of fused-ring (bicyclic) bond motifs is 5. The minimum absolute atomic E-state index is 0.263. The second-order valence-corrected chi connectivity index (χ2v) is 11.3. The lowest BCUT2D eigenvalue weighted by molar-refractivity contribution is -0.137. The van der Waals surface area contributed by atoms with Gasteiger partial charge < -0.3 is 10.8 Å². The standard InChI is InChI=1S/C24H41NO2/c1-15(7-10-21(26)27)22-20(25)14-19-17-9-8-16-6-4-5-12-23(16,2)18(17)11-13-24(19,22)3/h15-20,22H,4-14,25H2,1-3H3,(H,26,27)/t15-,16?,17-,18+,19+,20?,22+,23+,24+/m1/s1. The fourth-order valence-corrected chi connectivity index (χ4v) is 9.03. The van der Waals surface area contributed by atoms with E-state index in [1.54, 1.807) is 0 Å². The highest BCUT2D eigenvalue weighted by Crippen LogP contribution is 2.68. The van der Waals surface area contributed by atoms with Gasteiger partial charge in [-0.15, -0.1) is 0 Å². The van der Waals surface area contributed by atoms with Gasteiger partial charge in [-0.3, -0.25) is 4.79 Å². The van der Waals surface area contributed by atoms with Crippen LogP contribution in [0.15, 0.2) is 0 Å². The molecule has 0 radical (unpaired) electrons. The first-order valence-electron chi connectivity index (χ1n) is 11.7. The fourth-order valence-electron chi connectivity index (χ4n) is 9.03. The van der Waals surface area contributed by atoms with Gasteiger partial charge in [0.05, 0.1) is 0 Å². The van der Waals surface area contributed by atoms with Crippen molar-refractivity contribution in [2.45, 2.75) is 97.4 Å². The molecule has 4 fully saturated rings. The van der Waals surface area contributed by atoms with Crippen LogP contribution in [0.25, 0.3) is 0 Å². The summed E-state index contributed by atoms with van der Waals surface area (Å²) in [6, 6.07) is 0.263. The normalized spacial score (nSPS) is 50.4. The van der Waals surface area contributed by atoms with E-state index < -0.39 is 5.97 Å². The molecule has 3 heteroatoms. The first-order chi connectivity index (χ1) is 12.8. The lowest BCUT2D eigenvalue weighted by Crippen LogP contribution is -2.53. The molecule has 0 bridgehead atoms. The van der Waals surface area contributed by atoms with Gasteiger partial charge in [-0.2, -0.15) is 0 Å². The summed E-state index contributed by atoms with van der Waals surface area (Å²) >= 11 is 0. The van der Waals surface area contributed by atoms with Crippen LogP contribution < -0.4 is 5.73 Å². The molecule has 4 rings (SSSR count). The van der Waals surface area contributed by atoms with Gasteiger partial charge in [-0.1, -0.05) is 33.6 Å². The maximum atomic E-state index is 11.1. The lowest BCUT2D eigenvalue weighted by atomic mass is 9.44. The van der Waals surface area contributed by atoms with Crippen LogP contribution in [-0.4, -0.2) is 17.1 Å². The third-order valence-corrected chi connectivity index (χ3v) is 10.2.